The molecule has 4 aliphatic rings. The second-order valence-electron chi connectivity index (χ2n) is 8.66. The van der Waals surface area contributed by atoms with Crippen LogP contribution < -0.4 is 0 Å². The Bertz CT molecular complexity index is 608. The highest BCUT2D eigenvalue weighted by Gasteiger charge is 2.53. The molecule has 0 unspecified atom stereocenters. The normalized spacial score (nSPS) is 36.9. The fraction of sp³-hybridized carbons (Fsp3) is 0.714. The number of likely N-dealkylation sites (tertiary alicyclic amines) is 1. The van der Waals surface area contributed by atoms with Crippen molar-refractivity contribution < 1.29 is 5.11 Å². The Kier molecular flexibility index (Phi) is 3.27. The van der Waals surface area contributed by atoms with Crippen molar-refractivity contribution in [2.24, 2.45) is 11.8 Å². The molecule has 23 heavy (non-hydrogen) atoms. The summed E-state index contributed by atoms with van der Waals surface area (Å²) < 4.78 is 0. The lowest BCUT2D eigenvalue weighted by atomic mass is 9.52. The fourth-order valence-corrected chi connectivity index (χ4v) is 6.31. The number of hydrogen-bond donors (Lipinski definition) is 1. The summed E-state index contributed by atoms with van der Waals surface area (Å²) in [7, 11) is 0. The minimum atomic E-state index is 0.380. The van der Waals surface area contributed by atoms with E-state index in [4.69, 9.17) is 0 Å². The van der Waals surface area contributed by atoms with E-state index >= 15 is 0 Å². The number of phenolic OH excluding ortho intramolecular Hbond substituents is 1. The number of phenols is 1. The predicted octanol–water partition coefficient (Wildman–Crippen LogP) is 4.25. The zero-order valence-corrected chi connectivity index (χ0v) is 14.1. The first-order valence-corrected chi connectivity index (χ1v) is 9.83. The standard InChI is InChI=1S/C21H29NO/c23-17-8-7-16-12-20-18-6-1-2-9-21(18,19(16)13-17)10-11-22(20)14-15-4-3-5-15/h7-8,13,15,18,20,23H,1-6,9-12,14H2/t18-,20+,21-/m1/s1. The van der Waals surface area contributed by atoms with E-state index in [1.807, 2.05) is 6.07 Å². The van der Waals surface area contributed by atoms with Crippen molar-refractivity contribution in [2.45, 2.75) is 69.2 Å². The van der Waals surface area contributed by atoms with Gasteiger partial charge in [0.1, 0.15) is 5.75 Å². The van der Waals surface area contributed by atoms with Gasteiger partial charge in [0.25, 0.3) is 0 Å². The largest absolute Gasteiger partial charge is 0.508 e. The molecule has 3 aliphatic carbocycles. The Morgan fingerprint density at radius 3 is 2.83 bits per heavy atom. The second-order valence-corrected chi connectivity index (χ2v) is 8.66. The van der Waals surface area contributed by atoms with Crippen LogP contribution in [0.3, 0.4) is 0 Å². The van der Waals surface area contributed by atoms with Gasteiger partial charge in [-0.2, -0.15) is 0 Å². The van der Waals surface area contributed by atoms with E-state index in [0.29, 0.717) is 11.2 Å². The van der Waals surface area contributed by atoms with Gasteiger partial charge in [0.05, 0.1) is 0 Å². The molecule has 0 amide bonds. The molecule has 2 nitrogen and oxygen atoms in total. The van der Waals surface area contributed by atoms with E-state index in [1.165, 1.54) is 82.0 Å². The first-order chi connectivity index (χ1) is 11.3. The molecule has 1 saturated heterocycles. The van der Waals surface area contributed by atoms with E-state index in [0.717, 1.165) is 17.9 Å². The summed E-state index contributed by atoms with van der Waals surface area (Å²) in [5, 5.41) is 10.1. The van der Waals surface area contributed by atoms with E-state index in [1.54, 1.807) is 0 Å². The lowest BCUT2D eigenvalue weighted by molar-refractivity contribution is -0.0240. The molecular weight excluding hydrogens is 282 g/mol. The molecule has 1 N–H and O–H groups in total. The highest BCUT2D eigenvalue weighted by Crippen LogP contribution is 2.56. The Morgan fingerprint density at radius 1 is 1.09 bits per heavy atom. The van der Waals surface area contributed by atoms with Gasteiger partial charge in [0.15, 0.2) is 0 Å². The molecule has 0 radical (unpaired) electrons. The number of piperidine rings is 1. The van der Waals surface area contributed by atoms with Crippen LogP contribution in [-0.2, 0) is 11.8 Å². The topological polar surface area (TPSA) is 23.5 Å². The molecule has 124 valence electrons. The first-order valence-electron chi connectivity index (χ1n) is 9.83. The molecule has 3 atom stereocenters. The van der Waals surface area contributed by atoms with Crippen LogP contribution in [0.2, 0.25) is 0 Å². The highest BCUT2D eigenvalue weighted by atomic mass is 16.3. The maximum Gasteiger partial charge on any atom is 0.115 e. The smallest absolute Gasteiger partial charge is 0.115 e. The van der Waals surface area contributed by atoms with Crippen molar-refractivity contribution in [2.75, 3.05) is 13.1 Å². The molecule has 1 heterocycles. The zero-order chi connectivity index (χ0) is 15.4. The van der Waals surface area contributed by atoms with Crippen molar-refractivity contribution in [3.63, 3.8) is 0 Å². The highest BCUT2D eigenvalue weighted by molar-refractivity contribution is 5.45. The Morgan fingerprint density at radius 2 is 2.00 bits per heavy atom. The number of benzene rings is 1. The van der Waals surface area contributed by atoms with Gasteiger partial charge in [-0.25, -0.2) is 0 Å². The van der Waals surface area contributed by atoms with Gasteiger partial charge < -0.3 is 5.11 Å². The average molecular weight is 311 g/mol. The summed E-state index contributed by atoms with van der Waals surface area (Å²) in [6, 6.07) is 7.01. The van der Waals surface area contributed by atoms with Crippen LogP contribution in [0, 0.1) is 11.8 Å². The number of aromatic hydroxyl groups is 1. The minimum Gasteiger partial charge on any atom is -0.508 e. The van der Waals surface area contributed by atoms with E-state index in [2.05, 4.69) is 17.0 Å². The van der Waals surface area contributed by atoms with Crippen molar-refractivity contribution in [3.05, 3.63) is 29.3 Å². The Labute approximate surface area is 139 Å². The number of nitrogens with zero attached hydrogens (tertiary/aromatic N) is 1. The van der Waals surface area contributed by atoms with Crippen LogP contribution in [0.15, 0.2) is 18.2 Å². The van der Waals surface area contributed by atoms with Crippen LogP contribution in [0.1, 0.15) is 62.5 Å². The Balaban J connectivity index is 1.54. The van der Waals surface area contributed by atoms with E-state index in [9.17, 15) is 5.11 Å². The van der Waals surface area contributed by atoms with E-state index < -0.39 is 0 Å². The van der Waals surface area contributed by atoms with Gasteiger partial charge in [-0.3, -0.25) is 4.90 Å². The maximum absolute atomic E-state index is 10.1. The van der Waals surface area contributed by atoms with E-state index in [-0.39, 0.29) is 0 Å². The van der Waals surface area contributed by atoms with Crippen LogP contribution in [0.25, 0.3) is 0 Å². The van der Waals surface area contributed by atoms with Gasteiger partial charge in [0, 0.05) is 18.0 Å². The molecule has 2 bridgehead atoms. The lowest BCUT2D eigenvalue weighted by Gasteiger charge is -2.59. The van der Waals surface area contributed by atoms with Crippen molar-refractivity contribution in [1.29, 1.82) is 0 Å². The molecule has 2 saturated carbocycles. The lowest BCUT2D eigenvalue weighted by Crippen LogP contribution is -2.61. The minimum absolute atomic E-state index is 0.380. The summed E-state index contributed by atoms with van der Waals surface area (Å²) in [5.74, 6) is 2.28. The monoisotopic (exact) mass is 311 g/mol. The number of hydrogen-bond acceptors (Lipinski definition) is 2. The molecule has 0 spiro atoms. The summed E-state index contributed by atoms with van der Waals surface area (Å²) in [6.07, 6.45) is 12.5. The zero-order valence-electron chi connectivity index (χ0n) is 14.1. The van der Waals surface area contributed by atoms with Crippen LogP contribution in [-0.4, -0.2) is 29.1 Å². The summed E-state index contributed by atoms with van der Waals surface area (Å²) >= 11 is 0. The Hall–Kier alpha value is -1.02. The second kappa shape index (κ2) is 5.24. The average Bonchev–Trinajstić information content (AvgIpc) is 2.53. The van der Waals surface area contributed by atoms with Gasteiger partial charge in [-0.05, 0) is 80.2 Å². The quantitative estimate of drug-likeness (QED) is 0.882. The van der Waals surface area contributed by atoms with Crippen LogP contribution in [0.4, 0.5) is 0 Å². The van der Waals surface area contributed by atoms with Crippen LogP contribution in [0.5, 0.6) is 5.75 Å². The molecule has 1 aromatic rings. The number of rotatable bonds is 2. The molecule has 5 rings (SSSR count). The number of fused-ring (bicyclic) bond motifs is 1. The van der Waals surface area contributed by atoms with Gasteiger partial charge in [-0.1, -0.05) is 25.3 Å². The van der Waals surface area contributed by atoms with Crippen LogP contribution >= 0.6 is 0 Å². The first kappa shape index (κ1) is 14.3. The molecule has 2 heteroatoms. The van der Waals surface area contributed by atoms with Crippen molar-refractivity contribution >= 4 is 0 Å². The van der Waals surface area contributed by atoms with Gasteiger partial charge in [-0.15, -0.1) is 0 Å². The molecule has 0 aromatic heterocycles. The van der Waals surface area contributed by atoms with Gasteiger partial charge >= 0.3 is 0 Å². The maximum atomic E-state index is 10.1. The predicted molar refractivity (Wildman–Crippen MR) is 92.8 cm³/mol. The summed E-state index contributed by atoms with van der Waals surface area (Å²) in [4.78, 5) is 2.87. The van der Waals surface area contributed by atoms with Crippen molar-refractivity contribution in [1.82, 2.24) is 4.90 Å². The molecule has 1 aromatic carbocycles. The molecular formula is C21H29NO. The van der Waals surface area contributed by atoms with Crippen molar-refractivity contribution in [3.8, 4) is 5.75 Å². The third-order valence-corrected chi connectivity index (χ3v) is 7.65. The molecule has 1 aliphatic heterocycles. The third-order valence-electron chi connectivity index (χ3n) is 7.65. The third kappa shape index (κ3) is 2.10. The fourth-order valence-electron chi connectivity index (χ4n) is 6.31. The SMILES string of the molecule is Oc1ccc2c(c1)[C@@]13CCCC[C@@H]1[C@H](C2)N(CC1CCC1)CC3. The summed E-state index contributed by atoms with van der Waals surface area (Å²) in [5.41, 5.74) is 3.43. The molecule has 3 fully saturated rings. The van der Waals surface area contributed by atoms with Gasteiger partial charge in [0.2, 0.25) is 0 Å². The summed E-state index contributed by atoms with van der Waals surface area (Å²) in [6.45, 7) is 2.64.